The Kier molecular flexibility index (Phi) is 3.43. The van der Waals surface area contributed by atoms with Gasteiger partial charge in [-0.15, -0.1) is 12.3 Å². The monoisotopic (exact) mass is 263 g/mol. The van der Waals surface area contributed by atoms with Gasteiger partial charge in [-0.25, -0.2) is 0 Å². The molecule has 1 unspecified atom stereocenters. The van der Waals surface area contributed by atoms with E-state index < -0.39 is 0 Å². The van der Waals surface area contributed by atoms with Gasteiger partial charge in [0, 0.05) is 25.4 Å². The van der Waals surface area contributed by atoms with E-state index in [4.69, 9.17) is 6.42 Å². The first kappa shape index (κ1) is 12.7. The Morgan fingerprint density at radius 1 is 1.20 bits per heavy atom. The van der Waals surface area contributed by atoms with Crippen molar-refractivity contribution >= 4 is 16.7 Å². The predicted octanol–water partition coefficient (Wildman–Crippen LogP) is 2.86. The molecule has 2 heteroatoms. The third kappa shape index (κ3) is 2.40. The molecule has 1 heterocycles. The Morgan fingerprint density at radius 2 is 2.00 bits per heavy atom. The van der Waals surface area contributed by atoms with Gasteiger partial charge in [-0.05, 0) is 22.8 Å². The molecule has 20 heavy (non-hydrogen) atoms. The van der Waals surface area contributed by atoms with Crippen molar-refractivity contribution in [3.8, 4) is 12.3 Å². The smallest absolute Gasteiger partial charge is 0.223 e. The number of fused-ring (bicyclic) bond motifs is 1. The minimum absolute atomic E-state index is 0.0926. The SMILES string of the molecule is C#CC1CC(=O)N(CCc2cccc3ccccc23)C1. The lowest BCUT2D eigenvalue weighted by Gasteiger charge is -2.16. The molecule has 1 atom stereocenters. The standard InChI is InChI=1S/C18H17NO/c1-2-14-12-18(20)19(13-14)11-10-16-8-5-7-15-6-3-4-9-17(15)16/h1,3-9,14H,10-13H2. The Hall–Kier alpha value is -2.27. The van der Waals surface area contributed by atoms with Crippen LogP contribution in [0.4, 0.5) is 0 Å². The molecular formula is C18H17NO. The van der Waals surface area contributed by atoms with Crippen molar-refractivity contribution in [3.63, 3.8) is 0 Å². The van der Waals surface area contributed by atoms with Crippen LogP contribution in [0.1, 0.15) is 12.0 Å². The van der Waals surface area contributed by atoms with Crippen molar-refractivity contribution in [3.05, 3.63) is 48.0 Å². The minimum Gasteiger partial charge on any atom is -0.341 e. The topological polar surface area (TPSA) is 20.3 Å². The number of likely N-dealkylation sites (tertiary alicyclic amines) is 1. The Labute approximate surface area is 119 Å². The van der Waals surface area contributed by atoms with Gasteiger partial charge < -0.3 is 4.90 Å². The van der Waals surface area contributed by atoms with E-state index in [1.807, 2.05) is 11.0 Å². The van der Waals surface area contributed by atoms with Crippen LogP contribution >= 0.6 is 0 Å². The molecule has 1 aliphatic rings. The van der Waals surface area contributed by atoms with Crippen LogP contribution in [0.3, 0.4) is 0 Å². The summed E-state index contributed by atoms with van der Waals surface area (Å²) < 4.78 is 0. The molecule has 2 nitrogen and oxygen atoms in total. The molecule has 2 aromatic rings. The van der Waals surface area contributed by atoms with Crippen LogP contribution in [-0.4, -0.2) is 23.9 Å². The summed E-state index contributed by atoms with van der Waals surface area (Å²) in [4.78, 5) is 13.8. The van der Waals surface area contributed by atoms with Gasteiger partial charge in [-0.2, -0.15) is 0 Å². The molecule has 0 spiro atoms. The van der Waals surface area contributed by atoms with Crippen molar-refractivity contribution in [2.45, 2.75) is 12.8 Å². The predicted molar refractivity (Wildman–Crippen MR) is 81.2 cm³/mol. The van der Waals surface area contributed by atoms with E-state index >= 15 is 0 Å². The molecule has 0 N–H and O–H groups in total. The van der Waals surface area contributed by atoms with Crippen LogP contribution in [0, 0.1) is 18.3 Å². The van der Waals surface area contributed by atoms with Gasteiger partial charge in [0.2, 0.25) is 5.91 Å². The van der Waals surface area contributed by atoms with Gasteiger partial charge in [-0.3, -0.25) is 4.79 Å². The molecule has 1 aliphatic heterocycles. The van der Waals surface area contributed by atoms with Crippen molar-refractivity contribution in [2.75, 3.05) is 13.1 Å². The number of amides is 1. The number of rotatable bonds is 3. The molecule has 0 bridgehead atoms. The number of hydrogen-bond donors (Lipinski definition) is 0. The lowest BCUT2D eigenvalue weighted by Crippen LogP contribution is -2.27. The number of carbonyl (C=O) groups is 1. The molecule has 0 aromatic heterocycles. The van der Waals surface area contributed by atoms with Crippen LogP contribution in [0.2, 0.25) is 0 Å². The van der Waals surface area contributed by atoms with E-state index in [-0.39, 0.29) is 11.8 Å². The summed E-state index contributed by atoms with van der Waals surface area (Å²) in [7, 11) is 0. The second-order valence-electron chi connectivity index (χ2n) is 5.30. The van der Waals surface area contributed by atoms with Gasteiger partial charge in [-0.1, -0.05) is 42.5 Å². The summed E-state index contributed by atoms with van der Waals surface area (Å²) >= 11 is 0. The van der Waals surface area contributed by atoms with Crippen molar-refractivity contribution in [1.29, 1.82) is 0 Å². The molecule has 0 saturated carbocycles. The summed E-state index contributed by atoms with van der Waals surface area (Å²) in [5.74, 6) is 2.97. The van der Waals surface area contributed by atoms with Gasteiger partial charge in [0.15, 0.2) is 0 Å². The average Bonchev–Trinajstić information content (AvgIpc) is 2.85. The number of terminal acetylenes is 1. The largest absolute Gasteiger partial charge is 0.341 e. The zero-order valence-corrected chi connectivity index (χ0v) is 11.4. The summed E-state index contributed by atoms with van der Waals surface area (Å²) in [6.07, 6.45) is 6.80. The van der Waals surface area contributed by atoms with Crippen molar-refractivity contribution in [1.82, 2.24) is 4.90 Å². The van der Waals surface area contributed by atoms with Crippen LogP contribution in [0.15, 0.2) is 42.5 Å². The average molecular weight is 263 g/mol. The molecule has 3 rings (SSSR count). The molecular weight excluding hydrogens is 246 g/mol. The number of carbonyl (C=O) groups excluding carboxylic acids is 1. The Morgan fingerprint density at radius 3 is 2.80 bits per heavy atom. The van der Waals surface area contributed by atoms with Gasteiger partial charge in [0.25, 0.3) is 0 Å². The highest BCUT2D eigenvalue weighted by molar-refractivity contribution is 5.85. The van der Waals surface area contributed by atoms with Crippen LogP contribution < -0.4 is 0 Å². The van der Waals surface area contributed by atoms with Gasteiger partial charge >= 0.3 is 0 Å². The normalized spacial score (nSPS) is 18.4. The number of nitrogens with zero attached hydrogens (tertiary/aromatic N) is 1. The fourth-order valence-electron chi connectivity index (χ4n) is 2.87. The lowest BCUT2D eigenvalue weighted by molar-refractivity contribution is -0.127. The maximum Gasteiger partial charge on any atom is 0.223 e. The van der Waals surface area contributed by atoms with E-state index in [9.17, 15) is 4.79 Å². The van der Waals surface area contributed by atoms with E-state index in [0.717, 1.165) is 13.0 Å². The number of benzene rings is 2. The summed E-state index contributed by atoms with van der Waals surface area (Å²) in [6.45, 7) is 1.46. The highest BCUT2D eigenvalue weighted by Crippen LogP contribution is 2.21. The molecule has 2 aromatic carbocycles. The fraction of sp³-hybridized carbons (Fsp3) is 0.278. The Balaban J connectivity index is 1.75. The van der Waals surface area contributed by atoms with Crippen LogP contribution in [0.25, 0.3) is 10.8 Å². The van der Waals surface area contributed by atoms with Gasteiger partial charge in [0.05, 0.1) is 0 Å². The molecule has 1 fully saturated rings. The molecule has 0 aliphatic carbocycles. The quantitative estimate of drug-likeness (QED) is 0.780. The van der Waals surface area contributed by atoms with E-state index in [1.165, 1.54) is 16.3 Å². The second-order valence-corrected chi connectivity index (χ2v) is 5.30. The third-order valence-electron chi connectivity index (χ3n) is 3.98. The molecule has 1 saturated heterocycles. The summed E-state index contributed by atoms with van der Waals surface area (Å²) in [6, 6.07) is 14.7. The Bertz CT molecular complexity index is 678. The highest BCUT2D eigenvalue weighted by Gasteiger charge is 2.27. The maximum absolute atomic E-state index is 11.9. The first-order valence-electron chi connectivity index (χ1n) is 6.98. The summed E-state index contributed by atoms with van der Waals surface area (Å²) in [5, 5.41) is 2.52. The number of hydrogen-bond acceptors (Lipinski definition) is 1. The maximum atomic E-state index is 11.9. The van der Waals surface area contributed by atoms with Crippen LogP contribution in [-0.2, 0) is 11.2 Å². The van der Waals surface area contributed by atoms with Gasteiger partial charge in [0.1, 0.15) is 0 Å². The zero-order chi connectivity index (χ0) is 13.9. The fourth-order valence-corrected chi connectivity index (χ4v) is 2.87. The third-order valence-corrected chi connectivity index (χ3v) is 3.98. The van der Waals surface area contributed by atoms with E-state index in [0.29, 0.717) is 13.0 Å². The first-order valence-corrected chi connectivity index (χ1v) is 6.98. The van der Waals surface area contributed by atoms with Crippen molar-refractivity contribution in [2.24, 2.45) is 5.92 Å². The lowest BCUT2D eigenvalue weighted by atomic mass is 10.0. The van der Waals surface area contributed by atoms with E-state index in [1.54, 1.807) is 0 Å². The minimum atomic E-state index is 0.0926. The molecule has 100 valence electrons. The molecule has 1 amide bonds. The van der Waals surface area contributed by atoms with E-state index in [2.05, 4.69) is 42.3 Å². The molecule has 0 radical (unpaired) electrons. The summed E-state index contributed by atoms with van der Waals surface area (Å²) in [5.41, 5.74) is 1.29. The highest BCUT2D eigenvalue weighted by atomic mass is 16.2. The van der Waals surface area contributed by atoms with Crippen LogP contribution in [0.5, 0.6) is 0 Å². The first-order chi connectivity index (χ1) is 9.78. The van der Waals surface area contributed by atoms with Crippen molar-refractivity contribution < 1.29 is 4.79 Å². The zero-order valence-electron chi connectivity index (χ0n) is 11.4. The second kappa shape index (κ2) is 5.38.